The fourth-order valence-electron chi connectivity index (χ4n) is 3.09. The number of hydrogen-bond donors (Lipinski definition) is 1. The largest absolute Gasteiger partial charge is 0.391 e. The molecular weight excluding hydrogens is 313 g/mol. The maximum Gasteiger partial charge on any atom is 0.293 e. The van der Waals surface area contributed by atoms with Crippen molar-refractivity contribution in [3.8, 4) is 6.07 Å². The highest BCUT2D eigenvalue weighted by molar-refractivity contribution is 5.67. The second-order valence-electron chi connectivity index (χ2n) is 5.69. The molecule has 1 fully saturated rings. The average molecular weight is 327 g/mol. The number of nitriles is 1. The lowest BCUT2D eigenvalue weighted by Gasteiger charge is -2.26. The smallest absolute Gasteiger partial charge is 0.293 e. The molecule has 2 atom stereocenters. The van der Waals surface area contributed by atoms with E-state index < -0.39 is 16.8 Å². The SMILES string of the molecule is N#Cc1ccc(N2C[C@H](O)C[C@@H]2c2cccc(F)c2)c([N+](=O)[O-])c1. The fourth-order valence-corrected chi connectivity index (χ4v) is 3.09. The topological polar surface area (TPSA) is 90.4 Å². The number of anilines is 1. The summed E-state index contributed by atoms with van der Waals surface area (Å²) in [5, 5.41) is 30.3. The Morgan fingerprint density at radius 2 is 2.12 bits per heavy atom. The highest BCUT2D eigenvalue weighted by Gasteiger charge is 2.35. The molecule has 6 nitrogen and oxygen atoms in total. The van der Waals surface area contributed by atoms with Gasteiger partial charge in [0.05, 0.1) is 28.7 Å². The van der Waals surface area contributed by atoms with Crippen molar-refractivity contribution >= 4 is 11.4 Å². The van der Waals surface area contributed by atoms with Gasteiger partial charge in [-0.3, -0.25) is 10.1 Å². The van der Waals surface area contributed by atoms with Crippen LogP contribution < -0.4 is 4.90 Å². The van der Waals surface area contributed by atoms with Gasteiger partial charge in [-0.1, -0.05) is 12.1 Å². The van der Waals surface area contributed by atoms with Crippen LogP contribution >= 0.6 is 0 Å². The van der Waals surface area contributed by atoms with Gasteiger partial charge in [0, 0.05) is 12.6 Å². The van der Waals surface area contributed by atoms with Crippen LogP contribution in [0.4, 0.5) is 15.8 Å². The van der Waals surface area contributed by atoms with Crippen LogP contribution in [0.1, 0.15) is 23.6 Å². The van der Waals surface area contributed by atoms with Gasteiger partial charge in [0.15, 0.2) is 0 Å². The molecule has 2 aromatic rings. The molecule has 0 unspecified atom stereocenters. The number of aliphatic hydroxyl groups excluding tert-OH is 1. The van der Waals surface area contributed by atoms with Crippen LogP contribution in [0.15, 0.2) is 42.5 Å². The summed E-state index contributed by atoms with van der Waals surface area (Å²) in [6.45, 7) is 0.202. The predicted molar refractivity (Wildman–Crippen MR) is 84.9 cm³/mol. The Labute approximate surface area is 137 Å². The van der Waals surface area contributed by atoms with E-state index in [1.165, 1.54) is 30.3 Å². The molecule has 1 aliphatic rings. The summed E-state index contributed by atoms with van der Waals surface area (Å²) in [4.78, 5) is 12.5. The molecule has 0 saturated carbocycles. The zero-order valence-electron chi connectivity index (χ0n) is 12.6. The third kappa shape index (κ3) is 2.92. The van der Waals surface area contributed by atoms with Crippen LogP contribution in [-0.2, 0) is 0 Å². The molecule has 0 bridgehead atoms. The quantitative estimate of drug-likeness (QED) is 0.691. The lowest BCUT2D eigenvalue weighted by molar-refractivity contribution is -0.384. The van der Waals surface area contributed by atoms with Gasteiger partial charge >= 0.3 is 0 Å². The molecule has 24 heavy (non-hydrogen) atoms. The molecule has 1 saturated heterocycles. The van der Waals surface area contributed by atoms with Crippen molar-refractivity contribution in [1.82, 2.24) is 0 Å². The van der Waals surface area contributed by atoms with Gasteiger partial charge in [-0.2, -0.15) is 5.26 Å². The van der Waals surface area contributed by atoms with Crippen molar-refractivity contribution in [2.45, 2.75) is 18.6 Å². The fraction of sp³-hybridized carbons (Fsp3) is 0.235. The van der Waals surface area contributed by atoms with Crippen molar-refractivity contribution in [1.29, 1.82) is 5.26 Å². The minimum atomic E-state index is -0.673. The molecule has 2 aromatic carbocycles. The van der Waals surface area contributed by atoms with E-state index in [4.69, 9.17) is 5.26 Å². The third-order valence-electron chi connectivity index (χ3n) is 4.12. The lowest BCUT2D eigenvalue weighted by atomic mass is 10.0. The summed E-state index contributed by atoms with van der Waals surface area (Å²) in [6, 6.07) is 11.7. The van der Waals surface area contributed by atoms with Crippen molar-refractivity contribution in [3.63, 3.8) is 0 Å². The van der Waals surface area contributed by atoms with E-state index in [2.05, 4.69) is 0 Å². The first-order valence-corrected chi connectivity index (χ1v) is 7.38. The van der Waals surface area contributed by atoms with Crippen molar-refractivity contribution in [2.24, 2.45) is 0 Å². The number of rotatable bonds is 3. The van der Waals surface area contributed by atoms with Crippen LogP contribution in [0.2, 0.25) is 0 Å². The van der Waals surface area contributed by atoms with Crippen molar-refractivity contribution in [3.05, 3.63) is 69.5 Å². The Bertz CT molecular complexity index is 834. The standard InChI is InChI=1S/C17H14FN3O3/c18-13-3-1-2-12(7-13)16-8-14(22)10-20(16)15-5-4-11(9-19)6-17(15)21(23)24/h1-7,14,16,22H,8,10H2/t14-,16-/m1/s1. The van der Waals surface area contributed by atoms with E-state index in [1.807, 2.05) is 6.07 Å². The van der Waals surface area contributed by atoms with Crippen LogP contribution in [0.3, 0.4) is 0 Å². The normalized spacial score (nSPS) is 20.0. The van der Waals surface area contributed by atoms with Gasteiger partial charge < -0.3 is 10.0 Å². The Morgan fingerprint density at radius 1 is 1.33 bits per heavy atom. The number of nitro groups is 1. The number of benzene rings is 2. The maximum absolute atomic E-state index is 13.5. The number of nitrogens with zero attached hydrogens (tertiary/aromatic N) is 3. The molecule has 1 N–H and O–H groups in total. The highest BCUT2D eigenvalue weighted by atomic mass is 19.1. The first kappa shape index (κ1) is 15.9. The van der Waals surface area contributed by atoms with E-state index >= 15 is 0 Å². The molecule has 0 spiro atoms. The molecule has 1 aliphatic heterocycles. The van der Waals surface area contributed by atoms with Gasteiger partial charge in [0.25, 0.3) is 5.69 Å². The minimum absolute atomic E-state index is 0.188. The van der Waals surface area contributed by atoms with Gasteiger partial charge in [-0.05, 0) is 36.2 Å². The molecule has 0 aromatic heterocycles. The van der Waals surface area contributed by atoms with Crippen molar-refractivity contribution < 1.29 is 14.4 Å². The minimum Gasteiger partial charge on any atom is -0.391 e. The molecule has 0 radical (unpaired) electrons. The van der Waals surface area contributed by atoms with Gasteiger partial charge in [0.2, 0.25) is 0 Å². The van der Waals surface area contributed by atoms with E-state index in [9.17, 15) is 19.6 Å². The zero-order valence-corrected chi connectivity index (χ0v) is 12.6. The molecule has 3 rings (SSSR count). The zero-order chi connectivity index (χ0) is 17.3. The van der Waals surface area contributed by atoms with E-state index in [0.717, 1.165) is 0 Å². The Kier molecular flexibility index (Phi) is 4.15. The first-order valence-electron chi connectivity index (χ1n) is 7.38. The average Bonchev–Trinajstić information content (AvgIpc) is 2.96. The molecule has 122 valence electrons. The van der Waals surface area contributed by atoms with Gasteiger partial charge in [0.1, 0.15) is 11.5 Å². The summed E-state index contributed by atoms with van der Waals surface area (Å²) in [5.41, 5.74) is 0.937. The highest BCUT2D eigenvalue weighted by Crippen LogP contribution is 2.40. The second-order valence-corrected chi connectivity index (χ2v) is 5.69. The number of β-amino-alcohol motifs (C(OH)–C–C–N with tert-alkyl or cyclic N) is 1. The van der Waals surface area contributed by atoms with Gasteiger partial charge in [-0.25, -0.2) is 4.39 Å². The third-order valence-corrected chi connectivity index (χ3v) is 4.12. The molecule has 0 aliphatic carbocycles. The Hall–Kier alpha value is -2.98. The molecular formula is C17H14FN3O3. The Morgan fingerprint density at radius 3 is 2.79 bits per heavy atom. The van der Waals surface area contributed by atoms with E-state index in [1.54, 1.807) is 17.0 Å². The van der Waals surface area contributed by atoms with Crippen molar-refractivity contribution in [2.75, 3.05) is 11.4 Å². The van der Waals surface area contributed by atoms with E-state index in [-0.39, 0.29) is 23.8 Å². The van der Waals surface area contributed by atoms with Crippen LogP contribution in [0.25, 0.3) is 0 Å². The summed E-state index contributed by atoms with van der Waals surface area (Å²) in [5.74, 6) is -0.400. The number of aliphatic hydroxyl groups is 1. The van der Waals surface area contributed by atoms with Crippen LogP contribution in [0, 0.1) is 27.3 Å². The summed E-state index contributed by atoms with van der Waals surface area (Å²) < 4.78 is 13.5. The Balaban J connectivity index is 2.07. The first-order chi connectivity index (χ1) is 11.5. The lowest BCUT2D eigenvalue weighted by Crippen LogP contribution is -2.25. The van der Waals surface area contributed by atoms with Crippen LogP contribution in [-0.4, -0.2) is 22.7 Å². The second kappa shape index (κ2) is 6.26. The summed E-state index contributed by atoms with van der Waals surface area (Å²) in [7, 11) is 0. The van der Waals surface area contributed by atoms with Gasteiger partial charge in [-0.15, -0.1) is 0 Å². The molecule has 1 heterocycles. The molecule has 7 heteroatoms. The predicted octanol–water partition coefficient (Wildman–Crippen LogP) is 2.92. The van der Waals surface area contributed by atoms with E-state index in [0.29, 0.717) is 17.7 Å². The maximum atomic E-state index is 13.5. The monoisotopic (exact) mass is 327 g/mol. The number of halogens is 1. The summed E-state index contributed by atoms with van der Waals surface area (Å²) in [6.07, 6.45) is -0.325. The number of nitro benzene ring substituents is 1. The molecule has 0 amide bonds. The van der Waals surface area contributed by atoms with Crippen LogP contribution in [0.5, 0.6) is 0 Å². The number of hydrogen-bond acceptors (Lipinski definition) is 5. The summed E-state index contributed by atoms with van der Waals surface area (Å²) >= 11 is 0.